The summed E-state index contributed by atoms with van der Waals surface area (Å²) in [5, 5.41) is 3.06. The van der Waals surface area contributed by atoms with Crippen molar-refractivity contribution in [3.8, 4) is 11.5 Å². The van der Waals surface area contributed by atoms with Gasteiger partial charge in [-0.05, 0) is 43.6 Å². The van der Waals surface area contributed by atoms with Gasteiger partial charge in [-0.2, -0.15) is 0 Å². The number of pyridine rings is 1. The van der Waals surface area contributed by atoms with Crippen molar-refractivity contribution in [2.75, 3.05) is 27.3 Å². The van der Waals surface area contributed by atoms with Crippen LogP contribution in [0.2, 0.25) is 0 Å². The third kappa shape index (κ3) is 3.96. The number of carbonyl (C=O) groups excluding carboxylic acids is 1. The lowest BCUT2D eigenvalue weighted by atomic mass is 10.1. The Hall–Kier alpha value is -2.60. The SMILES string of the molecule is COc1cccc(CNC(=O)[C@H](c2cccnc2)N2CCCC2)c1OC. The minimum absolute atomic E-state index is 0.0234. The molecule has 1 fully saturated rings. The smallest absolute Gasteiger partial charge is 0.242 e. The van der Waals surface area contributed by atoms with Crippen LogP contribution in [0.4, 0.5) is 0 Å². The molecule has 1 aliphatic heterocycles. The van der Waals surface area contributed by atoms with Gasteiger partial charge in [-0.15, -0.1) is 0 Å². The van der Waals surface area contributed by atoms with Crippen LogP contribution in [0.1, 0.15) is 30.0 Å². The highest BCUT2D eigenvalue weighted by Crippen LogP contribution is 2.31. The quantitative estimate of drug-likeness (QED) is 0.827. The predicted molar refractivity (Wildman–Crippen MR) is 99.2 cm³/mol. The molecule has 0 unspecified atom stereocenters. The number of methoxy groups -OCH3 is 2. The zero-order valence-electron chi connectivity index (χ0n) is 15.3. The second kappa shape index (κ2) is 8.67. The summed E-state index contributed by atoms with van der Waals surface area (Å²) in [7, 11) is 3.21. The minimum Gasteiger partial charge on any atom is -0.493 e. The summed E-state index contributed by atoms with van der Waals surface area (Å²) in [6.45, 7) is 2.23. The number of hydrogen-bond donors (Lipinski definition) is 1. The highest BCUT2D eigenvalue weighted by atomic mass is 16.5. The van der Waals surface area contributed by atoms with Crippen molar-refractivity contribution in [2.45, 2.75) is 25.4 Å². The first-order valence-electron chi connectivity index (χ1n) is 8.86. The van der Waals surface area contributed by atoms with Crippen LogP contribution in [0.25, 0.3) is 0 Å². The second-order valence-corrected chi connectivity index (χ2v) is 6.30. The van der Waals surface area contributed by atoms with Crippen LogP contribution in [0.15, 0.2) is 42.7 Å². The molecule has 0 bridgehead atoms. The Morgan fingerprint density at radius 2 is 2.00 bits per heavy atom. The van der Waals surface area contributed by atoms with Crippen molar-refractivity contribution in [3.63, 3.8) is 0 Å². The third-order valence-corrected chi connectivity index (χ3v) is 4.69. The molecule has 3 rings (SSSR count). The number of para-hydroxylation sites is 1. The van der Waals surface area contributed by atoms with Crippen molar-refractivity contribution in [3.05, 3.63) is 53.9 Å². The largest absolute Gasteiger partial charge is 0.493 e. The van der Waals surface area contributed by atoms with Crippen molar-refractivity contribution >= 4 is 5.91 Å². The first kappa shape index (κ1) is 18.2. The van der Waals surface area contributed by atoms with E-state index in [1.807, 2.05) is 30.3 Å². The lowest BCUT2D eigenvalue weighted by Crippen LogP contribution is -2.39. The first-order chi connectivity index (χ1) is 12.7. The third-order valence-electron chi connectivity index (χ3n) is 4.69. The highest BCUT2D eigenvalue weighted by molar-refractivity contribution is 5.83. The monoisotopic (exact) mass is 355 g/mol. The van der Waals surface area contributed by atoms with Crippen LogP contribution in [-0.4, -0.2) is 43.1 Å². The van der Waals surface area contributed by atoms with E-state index in [4.69, 9.17) is 9.47 Å². The maximum absolute atomic E-state index is 13.0. The fraction of sp³-hybridized carbons (Fsp3) is 0.400. The number of carbonyl (C=O) groups is 1. The standard InChI is InChI=1S/C20H25N3O3/c1-25-17-9-5-7-16(19(17)26-2)14-22-20(24)18(23-11-3-4-12-23)15-8-6-10-21-13-15/h5-10,13,18H,3-4,11-12,14H2,1-2H3,(H,22,24)/t18-/m0/s1. The number of hydrogen-bond acceptors (Lipinski definition) is 5. The van der Waals surface area contributed by atoms with E-state index in [1.165, 1.54) is 0 Å². The van der Waals surface area contributed by atoms with E-state index >= 15 is 0 Å². The molecule has 1 atom stereocenters. The van der Waals surface area contributed by atoms with E-state index in [-0.39, 0.29) is 11.9 Å². The molecule has 26 heavy (non-hydrogen) atoms. The highest BCUT2D eigenvalue weighted by Gasteiger charge is 2.29. The summed E-state index contributed by atoms with van der Waals surface area (Å²) < 4.78 is 10.8. The van der Waals surface area contributed by atoms with Gasteiger partial charge < -0.3 is 14.8 Å². The normalized spacial score (nSPS) is 15.5. The van der Waals surface area contributed by atoms with Crippen LogP contribution in [-0.2, 0) is 11.3 Å². The van der Waals surface area contributed by atoms with Crippen LogP contribution in [0.3, 0.4) is 0 Å². The molecule has 0 spiro atoms. The van der Waals surface area contributed by atoms with Gasteiger partial charge in [0.2, 0.25) is 5.91 Å². The van der Waals surface area contributed by atoms with E-state index in [9.17, 15) is 4.79 Å². The average molecular weight is 355 g/mol. The number of nitrogens with zero attached hydrogens (tertiary/aromatic N) is 2. The maximum atomic E-state index is 13.0. The summed E-state index contributed by atoms with van der Waals surface area (Å²) in [6, 6.07) is 9.17. The molecular formula is C20H25N3O3. The van der Waals surface area contributed by atoms with E-state index in [2.05, 4.69) is 15.2 Å². The summed E-state index contributed by atoms with van der Waals surface area (Å²) in [6.07, 6.45) is 5.74. The van der Waals surface area contributed by atoms with E-state index in [0.717, 1.165) is 37.1 Å². The minimum atomic E-state index is -0.317. The lowest BCUT2D eigenvalue weighted by Gasteiger charge is -2.26. The van der Waals surface area contributed by atoms with Crippen LogP contribution in [0.5, 0.6) is 11.5 Å². The first-order valence-corrected chi connectivity index (χ1v) is 8.86. The average Bonchev–Trinajstić information content (AvgIpc) is 3.21. The Morgan fingerprint density at radius 1 is 1.19 bits per heavy atom. The van der Waals surface area contributed by atoms with Crippen molar-refractivity contribution in [1.82, 2.24) is 15.2 Å². The molecule has 0 radical (unpaired) electrons. The molecule has 0 saturated carbocycles. The molecule has 1 aromatic heterocycles. The second-order valence-electron chi connectivity index (χ2n) is 6.30. The number of aromatic nitrogens is 1. The molecule has 6 heteroatoms. The van der Waals surface area contributed by atoms with Gasteiger partial charge in [0, 0.05) is 24.5 Å². The van der Waals surface area contributed by atoms with Gasteiger partial charge >= 0.3 is 0 Å². The summed E-state index contributed by atoms with van der Waals surface area (Å²) in [5.74, 6) is 1.28. The Kier molecular flexibility index (Phi) is 6.07. The Labute approximate surface area is 154 Å². The maximum Gasteiger partial charge on any atom is 0.242 e. The molecule has 2 heterocycles. The molecule has 0 aliphatic carbocycles. The molecule has 1 N–H and O–H groups in total. The molecule has 138 valence electrons. The van der Waals surface area contributed by atoms with Gasteiger partial charge in [0.1, 0.15) is 6.04 Å². The van der Waals surface area contributed by atoms with Crippen molar-refractivity contribution in [1.29, 1.82) is 0 Å². The van der Waals surface area contributed by atoms with Gasteiger partial charge in [-0.25, -0.2) is 0 Å². The number of amides is 1. The topological polar surface area (TPSA) is 63.7 Å². The van der Waals surface area contributed by atoms with Gasteiger partial charge in [0.15, 0.2) is 11.5 Å². The molecule has 6 nitrogen and oxygen atoms in total. The molecule has 1 amide bonds. The van der Waals surface area contributed by atoms with Gasteiger partial charge in [-0.3, -0.25) is 14.7 Å². The Balaban J connectivity index is 1.76. The fourth-order valence-electron chi connectivity index (χ4n) is 3.44. The number of likely N-dealkylation sites (tertiary alicyclic amines) is 1. The van der Waals surface area contributed by atoms with E-state index in [1.54, 1.807) is 26.6 Å². The molecular weight excluding hydrogens is 330 g/mol. The van der Waals surface area contributed by atoms with Crippen LogP contribution in [0, 0.1) is 0 Å². The molecule has 2 aromatic rings. The van der Waals surface area contributed by atoms with Crippen molar-refractivity contribution < 1.29 is 14.3 Å². The fourth-order valence-corrected chi connectivity index (χ4v) is 3.44. The number of rotatable bonds is 7. The zero-order chi connectivity index (χ0) is 18.4. The zero-order valence-corrected chi connectivity index (χ0v) is 15.3. The van der Waals surface area contributed by atoms with Crippen LogP contribution < -0.4 is 14.8 Å². The summed E-state index contributed by atoms with van der Waals surface area (Å²) >= 11 is 0. The molecule has 1 aromatic carbocycles. The number of benzene rings is 1. The number of nitrogens with one attached hydrogen (secondary N) is 1. The van der Waals surface area contributed by atoms with E-state index < -0.39 is 0 Å². The van der Waals surface area contributed by atoms with Crippen LogP contribution >= 0.6 is 0 Å². The Bertz CT molecular complexity index is 730. The number of ether oxygens (including phenoxy) is 2. The summed E-state index contributed by atoms with van der Waals surface area (Å²) in [5.41, 5.74) is 1.80. The van der Waals surface area contributed by atoms with Gasteiger partial charge in [0.25, 0.3) is 0 Å². The molecule has 1 aliphatic rings. The lowest BCUT2D eigenvalue weighted by molar-refractivity contribution is -0.126. The summed E-state index contributed by atoms with van der Waals surface area (Å²) in [4.78, 5) is 19.4. The van der Waals surface area contributed by atoms with Gasteiger partial charge in [0.05, 0.1) is 14.2 Å². The molecule has 1 saturated heterocycles. The Morgan fingerprint density at radius 3 is 2.65 bits per heavy atom. The van der Waals surface area contributed by atoms with Gasteiger partial charge in [-0.1, -0.05) is 18.2 Å². The predicted octanol–water partition coefficient (Wildman–Crippen LogP) is 2.55. The van der Waals surface area contributed by atoms with Crippen molar-refractivity contribution in [2.24, 2.45) is 0 Å². The van der Waals surface area contributed by atoms with E-state index in [0.29, 0.717) is 18.0 Å².